The third-order valence-corrected chi connectivity index (χ3v) is 8.45. The van der Waals surface area contributed by atoms with Gasteiger partial charge in [0.05, 0.1) is 22.1 Å². The predicted molar refractivity (Wildman–Crippen MR) is 180 cm³/mol. The minimum atomic E-state index is 0.594. The number of hydrogen-bond acceptors (Lipinski definition) is 3. The first kappa shape index (κ1) is 24.6. The lowest BCUT2D eigenvalue weighted by molar-refractivity contribution is 0.653. The Balaban J connectivity index is 1.24. The normalized spacial score (nSPS) is 11.6. The van der Waals surface area contributed by atoms with Gasteiger partial charge in [0.2, 0.25) is 5.71 Å². The zero-order valence-electron chi connectivity index (χ0n) is 23.7. The highest BCUT2D eigenvalue weighted by Gasteiger charge is 2.19. The molecule has 0 saturated carbocycles. The van der Waals surface area contributed by atoms with Crippen LogP contribution in [0.3, 0.4) is 0 Å². The molecule has 0 saturated heterocycles. The highest BCUT2D eigenvalue weighted by Crippen LogP contribution is 2.38. The number of furan rings is 1. The molecule has 0 radical (unpaired) electrons. The summed E-state index contributed by atoms with van der Waals surface area (Å²) in [5.74, 6) is 0.640. The third-order valence-electron chi connectivity index (χ3n) is 8.45. The second kappa shape index (κ2) is 9.79. The van der Waals surface area contributed by atoms with Crippen LogP contribution in [0.2, 0.25) is 0 Å². The Morgan fingerprint density at radius 2 is 1.07 bits per heavy atom. The zero-order valence-corrected chi connectivity index (χ0v) is 23.7. The van der Waals surface area contributed by atoms with Crippen LogP contribution < -0.4 is 0 Å². The van der Waals surface area contributed by atoms with Gasteiger partial charge in [-0.25, -0.2) is 4.98 Å². The number of fused-ring (bicyclic) bond motifs is 6. The fourth-order valence-electron chi connectivity index (χ4n) is 6.38. The molecule has 9 rings (SSSR count). The fraction of sp³-hybridized carbons (Fsp3) is 0. The molecule has 0 aliphatic heterocycles. The van der Waals surface area contributed by atoms with Crippen LogP contribution in [-0.2, 0) is 0 Å². The van der Waals surface area contributed by atoms with Gasteiger partial charge >= 0.3 is 0 Å². The summed E-state index contributed by atoms with van der Waals surface area (Å²) in [7, 11) is 0. The number of para-hydroxylation sites is 2. The van der Waals surface area contributed by atoms with Gasteiger partial charge in [-0.1, -0.05) is 109 Å². The van der Waals surface area contributed by atoms with E-state index in [9.17, 15) is 0 Å². The molecule has 0 amide bonds. The van der Waals surface area contributed by atoms with Crippen molar-refractivity contribution < 1.29 is 4.42 Å². The first-order chi connectivity index (χ1) is 21.8. The Bertz CT molecular complexity index is 2470. The summed E-state index contributed by atoms with van der Waals surface area (Å²) in [6, 6.07) is 52.7. The van der Waals surface area contributed by atoms with Gasteiger partial charge in [0, 0.05) is 33.0 Å². The van der Waals surface area contributed by atoms with E-state index >= 15 is 0 Å². The van der Waals surface area contributed by atoms with Crippen molar-refractivity contribution in [1.82, 2.24) is 14.5 Å². The summed E-state index contributed by atoms with van der Waals surface area (Å²) < 4.78 is 8.62. The third kappa shape index (κ3) is 3.85. The second-order valence-electron chi connectivity index (χ2n) is 11.0. The van der Waals surface area contributed by atoms with E-state index in [2.05, 4.69) is 114 Å². The van der Waals surface area contributed by atoms with Crippen LogP contribution in [0, 0.1) is 0 Å². The summed E-state index contributed by atoms with van der Waals surface area (Å²) in [4.78, 5) is 10.2. The lowest BCUT2D eigenvalue weighted by Gasteiger charge is -2.10. The van der Waals surface area contributed by atoms with Crippen molar-refractivity contribution in [3.05, 3.63) is 152 Å². The number of hydrogen-bond donors (Lipinski definition) is 0. The minimum Gasteiger partial charge on any atom is -0.438 e. The summed E-state index contributed by atoms with van der Waals surface area (Å²) >= 11 is 0. The molecule has 4 heteroatoms. The molecule has 0 spiro atoms. The number of rotatable bonds is 4. The molecule has 6 aromatic carbocycles. The number of aromatic nitrogens is 3. The number of benzene rings is 6. The van der Waals surface area contributed by atoms with Crippen molar-refractivity contribution in [2.75, 3.05) is 0 Å². The Hall–Kier alpha value is -6.00. The molecule has 0 unspecified atom stereocenters. The van der Waals surface area contributed by atoms with Crippen molar-refractivity contribution in [1.29, 1.82) is 0 Å². The fourth-order valence-corrected chi connectivity index (χ4v) is 6.38. The van der Waals surface area contributed by atoms with Crippen molar-refractivity contribution in [3.63, 3.8) is 0 Å². The molecular formula is C40H25N3O. The Morgan fingerprint density at radius 3 is 1.86 bits per heavy atom. The molecule has 44 heavy (non-hydrogen) atoms. The molecule has 0 fully saturated rings. The predicted octanol–water partition coefficient (Wildman–Crippen LogP) is 10.5. The minimum absolute atomic E-state index is 0.594. The van der Waals surface area contributed by atoms with Gasteiger partial charge in [0.25, 0.3) is 0 Å². The van der Waals surface area contributed by atoms with Crippen LogP contribution in [0.25, 0.3) is 83.3 Å². The largest absolute Gasteiger partial charge is 0.438 e. The van der Waals surface area contributed by atoms with Gasteiger partial charge in [-0.3, -0.25) is 0 Å². The standard InChI is InChI=1S/C40H25N3O/c1-3-11-26(12-4-1)27-19-22-30(23-20-27)43-34-17-9-7-15-31(34)33-25-29(21-24-35(33)43)39-41-38(28-13-5-2-6-14-28)37-32-16-8-10-18-36(32)44-40(37)42-39/h1-25H. The second-order valence-corrected chi connectivity index (χ2v) is 11.0. The molecule has 3 heterocycles. The van der Waals surface area contributed by atoms with E-state index in [0.717, 1.165) is 55.3 Å². The molecule has 4 nitrogen and oxygen atoms in total. The SMILES string of the molecule is c1ccc(-c2ccc(-n3c4ccccc4c4cc(-c5nc(-c6ccccc6)c6c(n5)oc5ccccc56)ccc43)cc2)cc1. The van der Waals surface area contributed by atoms with Gasteiger partial charge in [-0.05, 0) is 53.6 Å². The molecule has 0 atom stereocenters. The lowest BCUT2D eigenvalue weighted by atomic mass is 10.0. The van der Waals surface area contributed by atoms with Gasteiger partial charge in [-0.2, -0.15) is 4.98 Å². The highest BCUT2D eigenvalue weighted by atomic mass is 16.3. The van der Waals surface area contributed by atoms with Crippen LogP contribution in [0.1, 0.15) is 0 Å². The lowest BCUT2D eigenvalue weighted by Crippen LogP contribution is -1.95. The summed E-state index contributed by atoms with van der Waals surface area (Å²) in [6.07, 6.45) is 0. The smallest absolute Gasteiger partial charge is 0.231 e. The van der Waals surface area contributed by atoms with Gasteiger partial charge < -0.3 is 8.98 Å². The molecule has 0 aliphatic rings. The van der Waals surface area contributed by atoms with E-state index in [4.69, 9.17) is 14.4 Å². The van der Waals surface area contributed by atoms with E-state index in [1.165, 1.54) is 16.5 Å². The Kier molecular flexibility index (Phi) is 5.47. The highest BCUT2D eigenvalue weighted by molar-refractivity contribution is 6.12. The average Bonchev–Trinajstić information content (AvgIpc) is 3.64. The summed E-state index contributed by atoms with van der Waals surface area (Å²) in [5.41, 5.74) is 10.1. The molecule has 0 bridgehead atoms. The van der Waals surface area contributed by atoms with E-state index in [0.29, 0.717) is 11.5 Å². The van der Waals surface area contributed by atoms with E-state index in [1.54, 1.807) is 0 Å². The Morgan fingerprint density at radius 1 is 0.455 bits per heavy atom. The van der Waals surface area contributed by atoms with Crippen molar-refractivity contribution >= 4 is 43.9 Å². The van der Waals surface area contributed by atoms with Gasteiger partial charge in [0.15, 0.2) is 5.82 Å². The zero-order chi connectivity index (χ0) is 29.0. The molecule has 9 aromatic rings. The van der Waals surface area contributed by atoms with Gasteiger partial charge in [0.1, 0.15) is 5.58 Å². The monoisotopic (exact) mass is 563 g/mol. The van der Waals surface area contributed by atoms with Crippen LogP contribution in [0.15, 0.2) is 156 Å². The maximum Gasteiger partial charge on any atom is 0.231 e. The van der Waals surface area contributed by atoms with Gasteiger partial charge in [-0.15, -0.1) is 0 Å². The topological polar surface area (TPSA) is 43.9 Å². The molecule has 0 N–H and O–H groups in total. The van der Waals surface area contributed by atoms with Crippen molar-refractivity contribution in [2.24, 2.45) is 0 Å². The molecular weight excluding hydrogens is 538 g/mol. The Labute approximate surface area is 253 Å². The summed E-state index contributed by atoms with van der Waals surface area (Å²) in [6.45, 7) is 0. The van der Waals surface area contributed by atoms with E-state index in [-0.39, 0.29) is 0 Å². The molecule has 0 aliphatic carbocycles. The average molecular weight is 564 g/mol. The van der Waals surface area contributed by atoms with E-state index < -0.39 is 0 Å². The van der Waals surface area contributed by atoms with Crippen molar-refractivity contribution in [2.45, 2.75) is 0 Å². The first-order valence-electron chi connectivity index (χ1n) is 14.8. The number of nitrogens with zero attached hydrogens (tertiary/aromatic N) is 3. The summed E-state index contributed by atoms with van der Waals surface area (Å²) in [5, 5.41) is 4.29. The molecule has 3 aromatic heterocycles. The van der Waals surface area contributed by atoms with E-state index in [1.807, 2.05) is 42.5 Å². The van der Waals surface area contributed by atoms with Crippen LogP contribution in [-0.4, -0.2) is 14.5 Å². The quantitative estimate of drug-likeness (QED) is 0.214. The van der Waals surface area contributed by atoms with Crippen LogP contribution in [0.4, 0.5) is 0 Å². The maximum atomic E-state index is 6.28. The van der Waals surface area contributed by atoms with Crippen molar-refractivity contribution in [3.8, 4) is 39.5 Å². The van der Waals surface area contributed by atoms with Crippen LogP contribution in [0.5, 0.6) is 0 Å². The molecule has 206 valence electrons. The maximum absolute atomic E-state index is 6.28. The van der Waals surface area contributed by atoms with Crippen LogP contribution >= 0.6 is 0 Å². The first-order valence-corrected chi connectivity index (χ1v) is 14.8.